The van der Waals surface area contributed by atoms with Crippen LogP contribution in [0.25, 0.3) is 22.2 Å². The van der Waals surface area contributed by atoms with Crippen molar-refractivity contribution in [3.63, 3.8) is 0 Å². The summed E-state index contributed by atoms with van der Waals surface area (Å²) in [4.78, 5) is 20.3. The molecule has 3 aromatic rings. The average molecular weight is 364 g/mol. The number of hydrogen-bond acceptors (Lipinski definition) is 5. The molecule has 1 aromatic carbocycles. The zero-order valence-electron chi connectivity index (χ0n) is 15.8. The van der Waals surface area contributed by atoms with Crippen LogP contribution in [-0.4, -0.2) is 15.1 Å². The van der Waals surface area contributed by atoms with E-state index in [-0.39, 0.29) is 6.04 Å². The van der Waals surface area contributed by atoms with E-state index in [4.69, 9.17) is 9.51 Å². The molecule has 140 valence electrons. The predicted octanol–water partition coefficient (Wildman–Crippen LogP) is 5.71. The Kier molecular flexibility index (Phi) is 3.88. The highest BCUT2D eigenvalue weighted by molar-refractivity contribution is 5.86. The molecule has 0 amide bonds. The minimum atomic E-state index is -0.342. The van der Waals surface area contributed by atoms with Crippen LogP contribution in [0, 0.1) is 24.7 Å². The monoisotopic (exact) mass is 364 g/mol. The van der Waals surface area contributed by atoms with Crippen molar-refractivity contribution in [3.8, 4) is 11.1 Å². The van der Waals surface area contributed by atoms with Crippen molar-refractivity contribution in [3.05, 3.63) is 39.9 Å². The number of nitroso groups, excluding NO2 is 1. The van der Waals surface area contributed by atoms with Gasteiger partial charge < -0.3 is 9.51 Å². The third-order valence-electron chi connectivity index (χ3n) is 6.20. The van der Waals surface area contributed by atoms with Crippen LogP contribution in [0.4, 0.5) is 0 Å². The van der Waals surface area contributed by atoms with E-state index in [1.807, 2.05) is 13.8 Å². The van der Waals surface area contributed by atoms with E-state index >= 15 is 0 Å². The summed E-state index contributed by atoms with van der Waals surface area (Å²) < 4.78 is 5.38. The zero-order valence-corrected chi connectivity index (χ0v) is 15.8. The summed E-state index contributed by atoms with van der Waals surface area (Å²) in [6, 6.07) is 3.86. The summed E-state index contributed by atoms with van der Waals surface area (Å²) in [7, 11) is 0. The Hall–Kier alpha value is -2.50. The average Bonchev–Trinajstić information content (AvgIpc) is 3.04. The number of H-pyrrole nitrogens is 1. The molecule has 0 radical (unpaired) electrons. The number of rotatable bonds is 5. The third-order valence-corrected chi connectivity index (χ3v) is 6.20. The second-order valence-electron chi connectivity index (χ2n) is 8.15. The highest BCUT2D eigenvalue weighted by Gasteiger charge is 2.32. The molecule has 2 aliphatic carbocycles. The van der Waals surface area contributed by atoms with E-state index in [1.54, 1.807) is 0 Å². The molecule has 2 aromatic heterocycles. The second-order valence-corrected chi connectivity index (χ2v) is 8.15. The van der Waals surface area contributed by atoms with Gasteiger partial charge in [0.05, 0.1) is 16.7 Å². The number of benzene rings is 1. The molecule has 1 N–H and O–H groups in total. The van der Waals surface area contributed by atoms with Gasteiger partial charge in [0.2, 0.25) is 0 Å². The lowest BCUT2D eigenvalue weighted by molar-refractivity contribution is 0.393. The van der Waals surface area contributed by atoms with Crippen LogP contribution in [0.15, 0.2) is 21.8 Å². The van der Waals surface area contributed by atoms with Crippen LogP contribution in [0.3, 0.4) is 0 Å². The van der Waals surface area contributed by atoms with Gasteiger partial charge in [0.25, 0.3) is 0 Å². The number of aromatic nitrogens is 3. The van der Waals surface area contributed by atoms with E-state index in [2.05, 4.69) is 27.5 Å². The zero-order chi connectivity index (χ0) is 18.5. The molecule has 0 saturated heterocycles. The van der Waals surface area contributed by atoms with Crippen molar-refractivity contribution >= 4 is 11.0 Å². The number of hydrogen-bond donors (Lipinski definition) is 1. The largest absolute Gasteiger partial charge is 0.361 e. The number of aryl methyl sites for hydroxylation is 2. The normalized spacial score (nSPS) is 19.0. The van der Waals surface area contributed by atoms with Crippen molar-refractivity contribution in [1.29, 1.82) is 0 Å². The quantitative estimate of drug-likeness (QED) is 0.588. The van der Waals surface area contributed by atoms with Gasteiger partial charge in [0, 0.05) is 17.0 Å². The number of fused-ring (bicyclic) bond motifs is 1. The molecule has 1 atom stereocenters. The lowest BCUT2D eigenvalue weighted by Crippen LogP contribution is -2.08. The van der Waals surface area contributed by atoms with E-state index in [9.17, 15) is 4.91 Å². The fourth-order valence-corrected chi connectivity index (χ4v) is 4.65. The molecule has 0 spiro atoms. The Labute approximate surface area is 157 Å². The highest BCUT2D eigenvalue weighted by Crippen LogP contribution is 2.44. The van der Waals surface area contributed by atoms with E-state index < -0.39 is 0 Å². The molecule has 2 aliphatic rings. The van der Waals surface area contributed by atoms with Gasteiger partial charge in [-0.3, -0.25) is 0 Å². The fourth-order valence-electron chi connectivity index (χ4n) is 4.65. The summed E-state index contributed by atoms with van der Waals surface area (Å²) in [6.07, 6.45) is 6.85. The minimum Gasteiger partial charge on any atom is -0.361 e. The molecular weight excluding hydrogens is 340 g/mol. The van der Waals surface area contributed by atoms with Gasteiger partial charge in [0.15, 0.2) is 0 Å². The predicted molar refractivity (Wildman–Crippen MR) is 104 cm³/mol. The van der Waals surface area contributed by atoms with Crippen molar-refractivity contribution < 1.29 is 4.52 Å². The summed E-state index contributed by atoms with van der Waals surface area (Å²) in [5, 5.41) is 7.69. The third kappa shape index (κ3) is 2.78. The first-order valence-electron chi connectivity index (χ1n) is 9.95. The molecular formula is C21H24N4O2. The number of nitrogens with zero attached hydrogens (tertiary/aromatic N) is 3. The first-order chi connectivity index (χ1) is 13.2. The fraction of sp³-hybridized carbons (Fsp3) is 0.524. The van der Waals surface area contributed by atoms with Gasteiger partial charge in [-0.2, -0.15) is 4.91 Å². The first kappa shape index (κ1) is 16.7. The standard InChI is InChI=1S/C21H24N4O2/c1-11-18(12(2)27-25-11)15-9-16(19(24-26)13-5-3-4-6-13)20-17(10-15)22-21(23-20)14-7-8-14/h9-10,13-14,19H,3-8H2,1-2H3,(H,22,23). The van der Waals surface area contributed by atoms with Gasteiger partial charge >= 0.3 is 0 Å². The maximum absolute atomic E-state index is 11.9. The lowest BCUT2D eigenvalue weighted by atomic mass is 9.89. The molecule has 1 unspecified atom stereocenters. The second kappa shape index (κ2) is 6.29. The van der Waals surface area contributed by atoms with Crippen LogP contribution >= 0.6 is 0 Å². The lowest BCUT2D eigenvalue weighted by Gasteiger charge is -2.18. The van der Waals surface area contributed by atoms with E-state index in [0.717, 1.165) is 57.8 Å². The molecule has 5 rings (SSSR count). The van der Waals surface area contributed by atoms with Crippen molar-refractivity contribution in [1.82, 2.24) is 15.1 Å². The smallest absolute Gasteiger partial charge is 0.141 e. The summed E-state index contributed by atoms with van der Waals surface area (Å²) in [5.74, 6) is 2.67. The summed E-state index contributed by atoms with van der Waals surface area (Å²) in [5.41, 5.74) is 5.71. The van der Waals surface area contributed by atoms with Crippen molar-refractivity contribution in [2.75, 3.05) is 0 Å². The van der Waals surface area contributed by atoms with Gasteiger partial charge in [-0.25, -0.2) is 4.98 Å². The van der Waals surface area contributed by atoms with Crippen molar-refractivity contribution in [2.24, 2.45) is 11.1 Å². The summed E-state index contributed by atoms with van der Waals surface area (Å²) >= 11 is 0. The van der Waals surface area contributed by atoms with Crippen LogP contribution in [0.5, 0.6) is 0 Å². The molecule has 27 heavy (non-hydrogen) atoms. The van der Waals surface area contributed by atoms with Crippen LogP contribution in [-0.2, 0) is 0 Å². The van der Waals surface area contributed by atoms with E-state index in [0.29, 0.717) is 11.8 Å². The number of nitrogens with one attached hydrogen (secondary N) is 1. The van der Waals surface area contributed by atoms with E-state index in [1.165, 1.54) is 25.7 Å². The topological polar surface area (TPSA) is 84.1 Å². The summed E-state index contributed by atoms with van der Waals surface area (Å²) in [6.45, 7) is 3.87. The maximum Gasteiger partial charge on any atom is 0.141 e. The number of imidazole rings is 1. The highest BCUT2D eigenvalue weighted by atomic mass is 16.5. The molecule has 0 aliphatic heterocycles. The van der Waals surface area contributed by atoms with Crippen LogP contribution < -0.4 is 0 Å². The Balaban J connectivity index is 1.72. The van der Waals surface area contributed by atoms with Gasteiger partial charge in [-0.05, 0) is 63.1 Å². The minimum absolute atomic E-state index is 0.312. The van der Waals surface area contributed by atoms with Gasteiger partial charge in [-0.1, -0.05) is 23.2 Å². The molecule has 0 bridgehead atoms. The van der Waals surface area contributed by atoms with Gasteiger partial charge in [0.1, 0.15) is 17.6 Å². The van der Waals surface area contributed by atoms with Gasteiger partial charge in [-0.15, -0.1) is 0 Å². The van der Waals surface area contributed by atoms with Crippen LogP contribution in [0.1, 0.15) is 73.3 Å². The number of aromatic amines is 1. The first-order valence-corrected chi connectivity index (χ1v) is 9.95. The molecule has 2 saturated carbocycles. The molecule has 2 fully saturated rings. The molecule has 6 heteroatoms. The molecule has 6 nitrogen and oxygen atoms in total. The Morgan fingerprint density at radius 3 is 2.59 bits per heavy atom. The maximum atomic E-state index is 11.9. The van der Waals surface area contributed by atoms with Crippen molar-refractivity contribution in [2.45, 2.75) is 64.3 Å². The SMILES string of the molecule is Cc1noc(C)c1-c1cc(C(N=O)C2CCCC2)c2nc(C3CC3)[nH]c2c1. The Morgan fingerprint density at radius 1 is 1.19 bits per heavy atom. The Bertz CT molecular complexity index is 989. The van der Waals surface area contributed by atoms with Crippen LogP contribution in [0.2, 0.25) is 0 Å². The Morgan fingerprint density at radius 2 is 1.96 bits per heavy atom. The molecule has 2 heterocycles.